The number of rotatable bonds is 10. The average Bonchev–Trinajstić information content (AvgIpc) is 2.51. The van der Waals surface area contributed by atoms with Crippen molar-refractivity contribution in [3.8, 4) is 0 Å². The molecule has 0 amide bonds. The molecule has 0 aliphatic rings. The molecule has 6 heteroatoms. The van der Waals surface area contributed by atoms with Crippen molar-refractivity contribution in [1.82, 2.24) is 0 Å². The van der Waals surface area contributed by atoms with Crippen molar-refractivity contribution in [3.05, 3.63) is 0 Å². The Kier molecular flexibility index (Phi) is 33.6. The summed E-state index contributed by atoms with van der Waals surface area (Å²) in [7, 11) is 0. The summed E-state index contributed by atoms with van der Waals surface area (Å²) >= 11 is 0. The van der Waals surface area contributed by atoms with Crippen molar-refractivity contribution < 1.29 is 30.3 Å². The van der Waals surface area contributed by atoms with Crippen molar-refractivity contribution in [2.75, 3.05) is 46.2 Å². The summed E-state index contributed by atoms with van der Waals surface area (Å²) in [5, 5.41) is 39.0. The van der Waals surface area contributed by atoms with Crippen LogP contribution in [0.15, 0.2) is 0 Å². The molecule has 0 aromatic carbocycles. The third kappa shape index (κ3) is 30.6. The quantitative estimate of drug-likeness (QED) is 0.367. The zero-order chi connectivity index (χ0) is 16.1. The van der Waals surface area contributed by atoms with Gasteiger partial charge in [0.15, 0.2) is 0 Å². The minimum absolute atomic E-state index is 0.125. The van der Waals surface area contributed by atoms with Crippen molar-refractivity contribution in [3.63, 3.8) is 0 Å². The van der Waals surface area contributed by atoms with E-state index in [0.29, 0.717) is 12.5 Å². The second-order valence-electron chi connectivity index (χ2n) is 4.11. The fourth-order valence-electron chi connectivity index (χ4n) is 1.21. The molecule has 0 saturated heterocycles. The van der Waals surface area contributed by atoms with Crippen LogP contribution in [0.3, 0.4) is 0 Å². The number of unbranched alkanes of at least 4 members (excludes halogenated alkanes) is 1. The van der Waals surface area contributed by atoms with Crippen LogP contribution < -0.4 is 0 Å². The first kappa shape index (κ1) is 24.8. The lowest BCUT2D eigenvalue weighted by Crippen LogP contribution is -2.10. The van der Waals surface area contributed by atoms with Crippen LogP contribution in [0, 0.1) is 5.92 Å². The summed E-state index contributed by atoms with van der Waals surface area (Å²) < 4.78 is 5.28. The van der Waals surface area contributed by atoms with Gasteiger partial charge in [-0.3, -0.25) is 0 Å². The van der Waals surface area contributed by atoms with E-state index in [9.17, 15) is 0 Å². The fourth-order valence-corrected chi connectivity index (χ4v) is 1.21. The highest BCUT2D eigenvalue weighted by Gasteiger charge is 2.04. The molecule has 0 spiro atoms. The lowest BCUT2D eigenvalue weighted by molar-refractivity contribution is 0.0640. The molecule has 0 aromatic rings. The fraction of sp³-hybridized carbons (Fsp3) is 1.00. The highest BCUT2D eigenvalue weighted by molar-refractivity contribution is 4.55. The molecule has 0 fully saturated rings. The third-order valence-electron chi connectivity index (χ3n) is 2.33. The van der Waals surface area contributed by atoms with Crippen molar-refractivity contribution >= 4 is 0 Å². The lowest BCUT2D eigenvalue weighted by atomic mass is 10.0. The molecule has 0 saturated carbocycles. The second-order valence-corrected chi connectivity index (χ2v) is 4.11. The molecule has 126 valence electrons. The number of ether oxygens (including phenoxy) is 1. The van der Waals surface area contributed by atoms with Crippen LogP contribution in [0.1, 0.15) is 39.5 Å². The number of aliphatic hydroxyl groups is 5. The first-order valence-corrected chi connectivity index (χ1v) is 7.30. The van der Waals surface area contributed by atoms with Crippen LogP contribution in [0.4, 0.5) is 0 Å². The van der Waals surface area contributed by atoms with Gasteiger partial charge in [-0.25, -0.2) is 0 Å². The Morgan fingerprint density at radius 2 is 1.30 bits per heavy atom. The highest BCUT2D eigenvalue weighted by Crippen LogP contribution is 2.12. The van der Waals surface area contributed by atoms with Gasteiger partial charge in [-0.05, 0) is 12.3 Å². The lowest BCUT2D eigenvalue weighted by Gasteiger charge is -2.13. The monoisotopic (exact) mass is 298 g/mol. The maximum absolute atomic E-state index is 8.50. The van der Waals surface area contributed by atoms with Crippen LogP contribution in [-0.2, 0) is 4.74 Å². The minimum atomic E-state index is -0.125. The predicted molar refractivity (Wildman–Crippen MR) is 79.6 cm³/mol. The molecule has 20 heavy (non-hydrogen) atoms. The molecule has 1 atom stereocenters. The summed E-state index contributed by atoms with van der Waals surface area (Å²) in [6.45, 7) is 5.35. The largest absolute Gasteiger partial charge is 0.394 e. The van der Waals surface area contributed by atoms with Crippen molar-refractivity contribution in [2.45, 2.75) is 39.5 Å². The van der Waals surface area contributed by atoms with Crippen molar-refractivity contribution in [2.24, 2.45) is 5.92 Å². The molecule has 0 radical (unpaired) electrons. The maximum atomic E-state index is 8.50. The molecular weight excluding hydrogens is 264 g/mol. The molecule has 0 bridgehead atoms. The summed E-state index contributed by atoms with van der Waals surface area (Å²) in [5.74, 6) is 0.691. The summed E-state index contributed by atoms with van der Waals surface area (Å²) in [6, 6.07) is 0. The summed E-state index contributed by atoms with van der Waals surface area (Å²) in [4.78, 5) is 0. The third-order valence-corrected chi connectivity index (χ3v) is 2.33. The van der Waals surface area contributed by atoms with E-state index in [2.05, 4.69) is 13.8 Å². The number of hydrogen-bond acceptors (Lipinski definition) is 6. The summed E-state index contributed by atoms with van der Waals surface area (Å²) in [5.41, 5.74) is 0. The second kappa shape index (κ2) is 27.2. The zero-order valence-corrected chi connectivity index (χ0v) is 13.0. The molecule has 5 N–H and O–H groups in total. The van der Waals surface area contributed by atoms with Crippen LogP contribution in [0.25, 0.3) is 0 Å². The van der Waals surface area contributed by atoms with Crippen LogP contribution in [0.5, 0.6) is 0 Å². The Labute approximate surface area is 123 Å². The molecule has 6 nitrogen and oxygen atoms in total. The first-order chi connectivity index (χ1) is 9.67. The van der Waals surface area contributed by atoms with E-state index in [4.69, 9.17) is 30.3 Å². The van der Waals surface area contributed by atoms with E-state index in [1.165, 1.54) is 25.7 Å². The number of aliphatic hydroxyl groups excluding tert-OH is 5. The Morgan fingerprint density at radius 1 is 0.800 bits per heavy atom. The van der Waals surface area contributed by atoms with Crippen LogP contribution in [0.2, 0.25) is 0 Å². The Bertz CT molecular complexity index is 127. The van der Waals surface area contributed by atoms with Gasteiger partial charge in [0.1, 0.15) is 0 Å². The smallest absolute Gasteiger partial charge is 0.0697 e. The van der Waals surface area contributed by atoms with Gasteiger partial charge in [-0.1, -0.05) is 33.1 Å². The normalized spacial score (nSPS) is 10.9. The summed E-state index contributed by atoms with van der Waals surface area (Å²) in [6.07, 6.45) is 5.00. The molecular formula is C14H34O6. The van der Waals surface area contributed by atoms with Gasteiger partial charge in [0.2, 0.25) is 0 Å². The molecule has 0 aromatic heterocycles. The van der Waals surface area contributed by atoms with Crippen LogP contribution >= 0.6 is 0 Å². The Morgan fingerprint density at radius 3 is 1.60 bits per heavy atom. The van der Waals surface area contributed by atoms with Gasteiger partial charge in [-0.15, -0.1) is 0 Å². The van der Waals surface area contributed by atoms with E-state index in [1.54, 1.807) is 0 Å². The first-order valence-electron chi connectivity index (χ1n) is 7.30. The van der Waals surface area contributed by atoms with E-state index in [0.717, 1.165) is 6.61 Å². The standard InChI is InChI=1S/C10H22O2.2C2H6O2/c1-3-5-6-10(4-2)9-12-8-7-11;2*3-1-2-4/h10-11H,3-9H2,1-2H3;2*3-4H,1-2H2. The van der Waals surface area contributed by atoms with Gasteiger partial charge in [0, 0.05) is 6.61 Å². The van der Waals surface area contributed by atoms with Crippen LogP contribution in [-0.4, -0.2) is 71.8 Å². The predicted octanol–water partition coefficient (Wildman–Crippen LogP) is 0.154. The van der Waals surface area contributed by atoms with E-state index in [-0.39, 0.29) is 33.0 Å². The Hall–Kier alpha value is -0.240. The topological polar surface area (TPSA) is 110 Å². The minimum Gasteiger partial charge on any atom is -0.394 e. The molecule has 0 aliphatic carbocycles. The molecule has 0 rings (SSSR count). The molecule has 1 unspecified atom stereocenters. The van der Waals surface area contributed by atoms with Gasteiger partial charge < -0.3 is 30.3 Å². The van der Waals surface area contributed by atoms with Gasteiger partial charge in [0.05, 0.1) is 39.6 Å². The highest BCUT2D eigenvalue weighted by atomic mass is 16.5. The molecule has 0 aliphatic heterocycles. The Balaban J connectivity index is -0.000000297. The van der Waals surface area contributed by atoms with Gasteiger partial charge >= 0.3 is 0 Å². The van der Waals surface area contributed by atoms with Crippen molar-refractivity contribution in [1.29, 1.82) is 0 Å². The average molecular weight is 298 g/mol. The number of hydrogen-bond donors (Lipinski definition) is 5. The van der Waals surface area contributed by atoms with E-state index < -0.39 is 0 Å². The maximum Gasteiger partial charge on any atom is 0.0697 e. The van der Waals surface area contributed by atoms with Gasteiger partial charge in [-0.2, -0.15) is 0 Å². The SMILES string of the molecule is CCCCC(CC)COCCO.OCCO.OCCO. The molecule has 0 heterocycles. The van der Waals surface area contributed by atoms with E-state index in [1.807, 2.05) is 0 Å². The zero-order valence-electron chi connectivity index (χ0n) is 13.0. The van der Waals surface area contributed by atoms with E-state index >= 15 is 0 Å². The van der Waals surface area contributed by atoms with Gasteiger partial charge in [0.25, 0.3) is 0 Å².